The van der Waals surface area contributed by atoms with Crippen molar-refractivity contribution in [3.63, 3.8) is 0 Å². The van der Waals surface area contributed by atoms with Crippen LogP contribution in [0.1, 0.15) is 17.0 Å². The molecule has 20 heavy (non-hydrogen) atoms. The molecule has 0 amide bonds. The van der Waals surface area contributed by atoms with Gasteiger partial charge in [0.2, 0.25) is 0 Å². The molecule has 5 heteroatoms. The summed E-state index contributed by atoms with van der Waals surface area (Å²) in [6, 6.07) is 7.97. The van der Waals surface area contributed by atoms with E-state index in [2.05, 4.69) is 33.2 Å². The first-order chi connectivity index (χ1) is 9.51. The quantitative estimate of drug-likeness (QED) is 0.687. The highest BCUT2D eigenvalue weighted by Gasteiger charge is 2.16. The van der Waals surface area contributed by atoms with Crippen LogP contribution in [-0.4, -0.2) is 15.7 Å². The second-order valence-electron chi connectivity index (χ2n) is 5.02. The summed E-state index contributed by atoms with van der Waals surface area (Å²) in [5.41, 5.74) is 3.47. The lowest BCUT2D eigenvalue weighted by Crippen LogP contribution is -2.13. The third kappa shape index (κ3) is 3.78. The lowest BCUT2D eigenvalue weighted by atomic mass is 9.96. The van der Waals surface area contributed by atoms with Gasteiger partial charge in [-0.15, -0.1) is 11.6 Å². The summed E-state index contributed by atoms with van der Waals surface area (Å²) >= 11 is 15.7. The number of hydrogen-bond donors (Lipinski definition) is 0. The van der Waals surface area contributed by atoms with Crippen LogP contribution in [0.4, 0.5) is 0 Å². The molecule has 0 aliphatic heterocycles. The molecular formula is C15H17BrCl2N2. The van der Waals surface area contributed by atoms with Gasteiger partial charge in [-0.25, -0.2) is 0 Å². The van der Waals surface area contributed by atoms with Crippen molar-refractivity contribution in [3.05, 3.63) is 50.7 Å². The summed E-state index contributed by atoms with van der Waals surface area (Å²) in [4.78, 5) is 0. The number of nitrogens with zero attached hydrogens (tertiary/aromatic N) is 2. The average molecular weight is 376 g/mol. The van der Waals surface area contributed by atoms with Crippen molar-refractivity contribution >= 4 is 39.1 Å². The van der Waals surface area contributed by atoms with E-state index in [1.807, 2.05) is 30.8 Å². The lowest BCUT2D eigenvalue weighted by Gasteiger charge is -2.14. The molecule has 1 heterocycles. The van der Waals surface area contributed by atoms with Crippen LogP contribution in [0.2, 0.25) is 5.02 Å². The molecule has 0 radical (unpaired) electrons. The normalized spacial score (nSPS) is 12.7. The van der Waals surface area contributed by atoms with Crippen molar-refractivity contribution in [1.29, 1.82) is 0 Å². The molecule has 1 unspecified atom stereocenters. The zero-order chi connectivity index (χ0) is 14.7. The number of rotatable bonds is 5. The summed E-state index contributed by atoms with van der Waals surface area (Å²) in [6.45, 7) is 2.00. The average Bonchev–Trinajstić information content (AvgIpc) is 2.66. The van der Waals surface area contributed by atoms with Gasteiger partial charge in [-0.05, 0) is 59.3 Å². The van der Waals surface area contributed by atoms with Crippen molar-refractivity contribution in [1.82, 2.24) is 9.78 Å². The van der Waals surface area contributed by atoms with Crippen LogP contribution in [0.25, 0.3) is 0 Å². The van der Waals surface area contributed by atoms with E-state index in [0.29, 0.717) is 11.8 Å². The third-order valence-electron chi connectivity index (χ3n) is 3.40. The van der Waals surface area contributed by atoms with Gasteiger partial charge >= 0.3 is 0 Å². The molecule has 0 saturated carbocycles. The highest BCUT2D eigenvalue weighted by atomic mass is 79.9. The zero-order valence-corrected chi connectivity index (χ0v) is 14.6. The Bertz CT molecular complexity index is 578. The second-order valence-corrected chi connectivity index (χ2v) is 6.56. The fourth-order valence-corrected chi connectivity index (χ4v) is 3.15. The van der Waals surface area contributed by atoms with Gasteiger partial charge in [0.05, 0.1) is 15.9 Å². The van der Waals surface area contributed by atoms with Crippen molar-refractivity contribution in [2.45, 2.75) is 19.8 Å². The second kappa shape index (κ2) is 6.97. The number of alkyl halides is 1. The first-order valence-corrected chi connectivity index (χ1v) is 8.20. The molecule has 0 aliphatic rings. The maximum Gasteiger partial charge on any atom is 0.0738 e. The Hall–Kier alpha value is -0.510. The Morgan fingerprint density at radius 3 is 2.40 bits per heavy atom. The van der Waals surface area contributed by atoms with Gasteiger partial charge in [0.25, 0.3) is 0 Å². The molecule has 0 bridgehead atoms. The van der Waals surface area contributed by atoms with Crippen LogP contribution in [0.3, 0.4) is 0 Å². The van der Waals surface area contributed by atoms with E-state index >= 15 is 0 Å². The standard InChI is InChI=1S/C15H17BrCl2N2/c1-10-15(16)14(20(2)19-10)8-12(9-17)7-11-3-5-13(18)6-4-11/h3-6,12H,7-9H2,1-2H3. The highest BCUT2D eigenvalue weighted by Crippen LogP contribution is 2.25. The van der Waals surface area contributed by atoms with Gasteiger partial charge in [-0.3, -0.25) is 4.68 Å². The van der Waals surface area contributed by atoms with Crippen LogP contribution < -0.4 is 0 Å². The van der Waals surface area contributed by atoms with Gasteiger partial charge in [-0.2, -0.15) is 5.10 Å². The SMILES string of the molecule is Cc1nn(C)c(CC(CCl)Cc2ccc(Cl)cc2)c1Br. The topological polar surface area (TPSA) is 17.8 Å². The van der Waals surface area contributed by atoms with Crippen molar-refractivity contribution in [2.24, 2.45) is 13.0 Å². The van der Waals surface area contributed by atoms with Gasteiger partial charge in [0, 0.05) is 18.0 Å². The van der Waals surface area contributed by atoms with Gasteiger partial charge in [0.15, 0.2) is 0 Å². The summed E-state index contributed by atoms with van der Waals surface area (Å²) in [5.74, 6) is 1.00. The Morgan fingerprint density at radius 1 is 1.25 bits per heavy atom. The van der Waals surface area contributed by atoms with Crippen molar-refractivity contribution in [2.75, 3.05) is 5.88 Å². The molecule has 0 saturated heterocycles. The van der Waals surface area contributed by atoms with Gasteiger partial charge in [-0.1, -0.05) is 23.7 Å². The number of hydrogen-bond acceptors (Lipinski definition) is 1. The molecule has 2 aromatic rings. The Morgan fingerprint density at radius 2 is 1.90 bits per heavy atom. The fraction of sp³-hybridized carbons (Fsp3) is 0.400. The van der Waals surface area contributed by atoms with Crippen LogP contribution in [0.5, 0.6) is 0 Å². The first-order valence-electron chi connectivity index (χ1n) is 6.49. The van der Waals surface area contributed by atoms with Crippen LogP contribution in [-0.2, 0) is 19.9 Å². The van der Waals surface area contributed by atoms with Gasteiger partial charge < -0.3 is 0 Å². The van der Waals surface area contributed by atoms with E-state index in [-0.39, 0.29) is 0 Å². The molecule has 108 valence electrons. The molecule has 0 fully saturated rings. The molecule has 1 aromatic heterocycles. The minimum atomic E-state index is 0.379. The number of benzene rings is 1. The van der Waals surface area contributed by atoms with E-state index in [9.17, 15) is 0 Å². The van der Waals surface area contributed by atoms with Crippen molar-refractivity contribution < 1.29 is 0 Å². The largest absolute Gasteiger partial charge is 0.271 e. The van der Waals surface area contributed by atoms with E-state index in [1.165, 1.54) is 11.3 Å². The van der Waals surface area contributed by atoms with E-state index in [0.717, 1.165) is 28.0 Å². The number of aryl methyl sites for hydroxylation is 2. The molecule has 0 N–H and O–H groups in total. The predicted molar refractivity (Wildman–Crippen MR) is 88.7 cm³/mol. The van der Waals surface area contributed by atoms with Gasteiger partial charge in [0.1, 0.15) is 0 Å². The number of halogens is 3. The minimum absolute atomic E-state index is 0.379. The maximum atomic E-state index is 6.14. The van der Waals surface area contributed by atoms with E-state index in [4.69, 9.17) is 23.2 Å². The lowest BCUT2D eigenvalue weighted by molar-refractivity contribution is 0.550. The molecule has 2 nitrogen and oxygen atoms in total. The predicted octanol–water partition coefficient (Wildman–Crippen LogP) is 4.78. The maximum absolute atomic E-state index is 6.14. The van der Waals surface area contributed by atoms with Crippen molar-refractivity contribution in [3.8, 4) is 0 Å². The molecule has 1 aromatic carbocycles. The first kappa shape index (κ1) is 15.9. The fourth-order valence-electron chi connectivity index (χ4n) is 2.31. The highest BCUT2D eigenvalue weighted by molar-refractivity contribution is 9.10. The molecule has 1 atom stereocenters. The number of aromatic nitrogens is 2. The summed E-state index contributed by atoms with van der Waals surface area (Å²) in [5, 5.41) is 5.19. The zero-order valence-electron chi connectivity index (χ0n) is 11.5. The monoisotopic (exact) mass is 374 g/mol. The summed E-state index contributed by atoms with van der Waals surface area (Å²) in [7, 11) is 1.97. The summed E-state index contributed by atoms with van der Waals surface area (Å²) < 4.78 is 3.02. The molecular weight excluding hydrogens is 359 g/mol. The van der Waals surface area contributed by atoms with Crippen LogP contribution >= 0.6 is 39.1 Å². The molecule has 0 aliphatic carbocycles. The van der Waals surface area contributed by atoms with E-state index < -0.39 is 0 Å². The molecule has 0 spiro atoms. The third-order valence-corrected chi connectivity index (χ3v) is 5.12. The minimum Gasteiger partial charge on any atom is -0.271 e. The smallest absolute Gasteiger partial charge is 0.0738 e. The summed E-state index contributed by atoms with van der Waals surface area (Å²) in [6.07, 6.45) is 1.85. The Kier molecular flexibility index (Phi) is 5.53. The Balaban J connectivity index is 2.11. The van der Waals surface area contributed by atoms with Crippen LogP contribution in [0, 0.1) is 12.8 Å². The van der Waals surface area contributed by atoms with Crippen LogP contribution in [0.15, 0.2) is 28.7 Å². The van der Waals surface area contributed by atoms with E-state index in [1.54, 1.807) is 0 Å². The Labute approximate surface area is 138 Å². The molecule has 2 rings (SSSR count).